The molecule has 0 spiro atoms. The van der Waals surface area contributed by atoms with Gasteiger partial charge in [-0.25, -0.2) is 8.42 Å². The van der Waals surface area contributed by atoms with Gasteiger partial charge in [0.15, 0.2) is 0 Å². The molecule has 1 aliphatic rings. The number of rotatable bonds is 7. The zero-order valence-corrected chi connectivity index (χ0v) is 18.4. The summed E-state index contributed by atoms with van der Waals surface area (Å²) in [6.07, 6.45) is 0. The summed E-state index contributed by atoms with van der Waals surface area (Å²) in [7, 11) is -3.67. The van der Waals surface area contributed by atoms with Crippen LogP contribution in [-0.4, -0.2) is 58.1 Å². The topological polar surface area (TPSA) is 84.9 Å². The average molecular weight is 433 g/mol. The lowest BCUT2D eigenvalue weighted by Gasteiger charge is -2.26. The number of carbonyl (C=O) groups excluding carboxylic acids is 1. The van der Waals surface area contributed by atoms with Crippen molar-refractivity contribution in [1.29, 1.82) is 0 Å². The van der Waals surface area contributed by atoms with E-state index >= 15 is 0 Å². The van der Waals surface area contributed by atoms with E-state index in [-0.39, 0.29) is 10.8 Å². The summed E-state index contributed by atoms with van der Waals surface area (Å²) < 4.78 is 38.4. The summed E-state index contributed by atoms with van der Waals surface area (Å²) in [5.41, 5.74) is 3.05. The molecule has 1 amide bonds. The number of hydrogen-bond acceptors (Lipinski definition) is 5. The molecule has 3 rings (SSSR count). The normalized spacial score (nSPS) is 15.0. The van der Waals surface area contributed by atoms with Crippen LogP contribution >= 0.6 is 0 Å². The third kappa shape index (κ3) is 5.19. The molecule has 7 nitrogen and oxygen atoms in total. The van der Waals surface area contributed by atoms with Gasteiger partial charge in [0.1, 0.15) is 12.4 Å². The van der Waals surface area contributed by atoms with Crippen LogP contribution in [0.5, 0.6) is 5.75 Å². The average Bonchev–Trinajstić information content (AvgIpc) is 2.74. The largest absolute Gasteiger partial charge is 0.491 e. The molecule has 1 aliphatic heterocycles. The first-order valence-electron chi connectivity index (χ1n) is 9.96. The molecule has 1 N–H and O–H groups in total. The molecule has 0 atom stereocenters. The Morgan fingerprint density at radius 2 is 1.77 bits per heavy atom. The highest BCUT2D eigenvalue weighted by molar-refractivity contribution is 7.89. The fourth-order valence-corrected chi connectivity index (χ4v) is 4.89. The van der Waals surface area contributed by atoms with Crippen molar-refractivity contribution < 1.29 is 22.7 Å². The van der Waals surface area contributed by atoms with Gasteiger partial charge in [0.05, 0.1) is 24.7 Å². The number of nitrogens with zero attached hydrogens (tertiary/aromatic N) is 1. The fourth-order valence-electron chi connectivity index (χ4n) is 3.24. The number of carbonyl (C=O) groups is 1. The molecule has 162 valence electrons. The maximum Gasteiger partial charge on any atom is 0.251 e. The van der Waals surface area contributed by atoms with Gasteiger partial charge in [0.25, 0.3) is 5.91 Å². The van der Waals surface area contributed by atoms with Crippen LogP contribution < -0.4 is 10.1 Å². The second-order valence-electron chi connectivity index (χ2n) is 7.37. The summed E-state index contributed by atoms with van der Waals surface area (Å²) in [5, 5.41) is 2.79. The van der Waals surface area contributed by atoms with E-state index in [4.69, 9.17) is 9.47 Å². The van der Waals surface area contributed by atoms with Crippen molar-refractivity contribution in [1.82, 2.24) is 9.62 Å². The molecule has 0 aromatic heterocycles. The smallest absolute Gasteiger partial charge is 0.251 e. The number of amides is 1. The third-order valence-electron chi connectivity index (χ3n) is 5.03. The van der Waals surface area contributed by atoms with Crippen LogP contribution in [0.25, 0.3) is 0 Å². The Balaban J connectivity index is 1.63. The standard InChI is InChI=1S/C22H28N2O5S/c1-16-4-5-17(2)20(14-16)29-11-8-23-22(25)19-7-6-18(3)21(15-19)30(26,27)24-9-12-28-13-10-24/h4-7,14-15H,8-13H2,1-3H3,(H,23,25). The van der Waals surface area contributed by atoms with Gasteiger partial charge in [0.2, 0.25) is 10.0 Å². The molecule has 8 heteroatoms. The van der Waals surface area contributed by atoms with Gasteiger partial charge in [-0.1, -0.05) is 18.2 Å². The van der Waals surface area contributed by atoms with Crippen molar-refractivity contribution in [3.63, 3.8) is 0 Å². The van der Waals surface area contributed by atoms with Crippen molar-refractivity contribution in [3.8, 4) is 5.75 Å². The molecular formula is C22H28N2O5S. The minimum atomic E-state index is -3.67. The van der Waals surface area contributed by atoms with Crippen LogP contribution in [0.15, 0.2) is 41.3 Å². The van der Waals surface area contributed by atoms with Crippen LogP contribution in [0, 0.1) is 20.8 Å². The van der Waals surface area contributed by atoms with Crippen molar-refractivity contribution in [3.05, 3.63) is 58.7 Å². The molecular weight excluding hydrogens is 404 g/mol. The predicted octanol–water partition coefficient (Wildman–Crippen LogP) is 2.44. The number of ether oxygens (including phenoxy) is 2. The zero-order valence-electron chi connectivity index (χ0n) is 17.6. The van der Waals surface area contributed by atoms with E-state index in [0.717, 1.165) is 16.9 Å². The van der Waals surface area contributed by atoms with Gasteiger partial charge < -0.3 is 14.8 Å². The molecule has 0 unspecified atom stereocenters. The van der Waals surface area contributed by atoms with E-state index in [0.29, 0.717) is 50.6 Å². The van der Waals surface area contributed by atoms with Gasteiger partial charge >= 0.3 is 0 Å². The summed E-state index contributed by atoms with van der Waals surface area (Å²) in [4.78, 5) is 12.7. The number of hydrogen-bond donors (Lipinski definition) is 1. The van der Waals surface area contributed by atoms with Crippen LogP contribution in [-0.2, 0) is 14.8 Å². The van der Waals surface area contributed by atoms with Crippen molar-refractivity contribution in [2.45, 2.75) is 25.7 Å². The summed E-state index contributed by atoms with van der Waals surface area (Å²) >= 11 is 0. The minimum absolute atomic E-state index is 0.156. The van der Waals surface area contributed by atoms with Gasteiger partial charge in [-0.05, 0) is 55.7 Å². The molecule has 1 fully saturated rings. The summed E-state index contributed by atoms with van der Waals surface area (Å²) in [6.45, 7) is 7.70. The second kappa shape index (κ2) is 9.59. The Morgan fingerprint density at radius 1 is 1.07 bits per heavy atom. The zero-order chi connectivity index (χ0) is 21.7. The monoisotopic (exact) mass is 432 g/mol. The Bertz CT molecular complexity index is 1010. The maximum absolute atomic E-state index is 13.0. The van der Waals surface area contributed by atoms with Crippen molar-refractivity contribution in [2.24, 2.45) is 0 Å². The van der Waals surface area contributed by atoms with Crippen LogP contribution in [0.1, 0.15) is 27.0 Å². The number of nitrogens with one attached hydrogen (secondary N) is 1. The highest BCUT2D eigenvalue weighted by atomic mass is 32.2. The van der Waals surface area contributed by atoms with Crippen LogP contribution in [0.4, 0.5) is 0 Å². The lowest BCUT2D eigenvalue weighted by atomic mass is 10.1. The molecule has 2 aromatic carbocycles. The first-order chi connectivity index (χ1) is 14.3. The number of sulfonamides is 1. The molecule has 0 radical (unpaired) electrons. The highest BCUT2D eigenvalue weighted by Crippen LogP contribution is 2.22. The molecule has 1 saturated heterocycles. The fraction of sp³-hybridized carbons (Fsp3) is 0.409. The van der Waals surface area contributed by atoms with E-state index in [1.54, 1.807) is 19.1 Å². The molecule has 0 bridgehead atoms. The Kier molecular flexibility index (Phi) is 7.12. The Hall–Kier alpha value is -2.42. The van der Waals surface area contributed by atoms with Gasteiger partial charge in [-0.15, -0.1) is 0 Å². The second-order valence-corrected chi connectivity index (χ2v) is 9.28. The van der Waals surface area contributed by atoms with Crippen molar-refractivity contribution >= 4 is 15.9 Å². The Labute approximate surface area is 178 Å². The quantitative estimate of drug-likeness (QED) is 0.680. The number of aryl methyl sites for hydroxylation is 3. The Morgan fingerprint density at radius 3 is 2.50 bits per heavy atom. The van der Waals surface area contributed by atoms with E-state index in [9.17, 15) is 13.2 Å². The SMILES string of the molecule is Cc1ccc(C)c(OCCNC(=O)c2ccc(C)c(S(=O)(=O)N3CCOCC3)c2)c1. The van der Waals surface area contributed by atoms with E-state index in [1.165, 1.54) is 10.4 Å². The summed E-state index contributed by atoms with van der Waals surface area (Å²) in [6, 6.07) is 10.7. The molecule has 0 aliphatic carbocycles. The van der Waals surface area contributed by atoms with Gasteiger partial charge in [-0.2, -0.15) is 4.31 Å². The van der Waals surface area contributed by atoms with Gasteiger partial charge in [0, 0.05) is 18.7 Å². The molecule has 30 heavy (non-hydrogen) atoms. The molecule has 1 heterocycles. The van der Waals surface area contributed by atoms with Crippen molar-refractivity contribution in [2.75, 3.05) is 39.5 Å². The molecule has 2 aromatic rings. The predicted molar refractivity (Wildman–Crippen MR) is 115 cm³/mol. The van der Waals surface area contributed by atoms with E-state index in [1.807, 2.05) is 32.0 Å². The van der Waals surface area contributed by atoms with Crippen LogP contribution in [0.3, 0.4) is 0 Å². The van der Waals surface area contributed by atoms with Crippen LogP contribution in [0.2, 0.25) is 0 Å². The van der Waals surface area contributed by atoms with E-state index in [2.05, 4.69) is 5.32 Å². The number of morpholine rings is 1. The highest BCUT2D eigenvalue weighted by Gasteiger charge is 2.28. The third-order valence-corrected chi connectivity index (χ3v) is 7.07. The van der Waals surface area contributed by atoms with Gasteiger partial charge in [-0.3, -0.25) is 4.79 Å². The lowest BCUT2D eigenvalue weighted by molar-refractivity contribution is 0.0730. The summed E-state index contributed by atoms with van der Waals surface area (Å²) in [5.74, 6) is 0.455. The first kappa shape index (κ1) is 22.3. The van der Waals surface area contributed by atoms with E-state index < -0.39 is 10.0 Å². The maximum atomic E-state index is 13.0. The minimum Gasteiger partial charge on any atom is -0.491 e. The number of benzene rings is 2. The first-order valence-corrected chi connectivity index (χ1v) is 11.4. The lowest BCUT2D eigenvalue weighted by Crippen LogP contribution is -2.41. The molecule has 0 saturated carbocycles.